The Morgan fingerprint density at radius 2 is 1.89 bits per heavy atom. The predicted octanol–water partition coefficient (Wildman–Crippen LogP) is 3.80. The Morgan fingerprint density at radius 3 is 2.50 bits per heavy atom. The number of hydrogen-bond donors (Lipinski definition) is 1. The van der Waals surface area contributed by atoms with Crippen LogP contribution in [0.15, 0.2) is 36.4 Å². The van der Waals surface area contributed by atoms with E-state index in [1.165, 1.54) is 27.0 Å². The first-order valence-corrected chi connectivity index (χ1v) is 8.72. The van der Waals surface area contributed by atoms with Crippen molar-refractivity contribution >= 4 is 34.9 Å². The zero-order valence-electron chi connectivity index (χ0n) is 15.5. The molecule has 148 valence electrons. The Balaban J connectivity index is 2.03. The number of ketones is 1. The van der Waals surface area contributed by atoms with E-state index < -0.39 is 23.8 Å². The molecule has 0 aromatic heterocycles. The minimum atomic E-state index is -1.12. The van der Waals surface area contributed by atoms with Crippen LogP contribution >= 0.6 is 11.6 Å². The number of hydrogen-bond acceptors (Lipinski definition) is 5. The maximum absolute atomic E-state index is 13.1. The second-order valence-corrected chi connectivity index (χ2v) is 6.41. The molecule has 0 unspecified atom stereocenters. The molecule has 0 bridgehead atoms. The predicted molar refractivity (Wildman–Crippen MR) is 102 cm³/mol. The number of ether oxygens (including phenoxy) is 2. The summed E-state index contributed by atoms with van der Waals surface area (Å²) in [6.45, 7) is 2.81. The van der Waals surface area contributed by atoms with Gasteiger partial charge in [0.2, 0.25) is 0 Å². The lowest BCUT2D eigenvalue weighted by molar-refractivity contribution is -0.152. The van der Waals surface area contributed by atoms with Crippen LogP contribution < -0.4 is 10.1 Å². The lowest BCUT2D eigenvalue weighted by atomic mass is 10.0. The minimum Gasteiger partial charge on any atom is -0.496 e. The van der Waals surface area contributed by atoms with Gasteiger partial charge in [0.1, 0.15) is 11.6 Å². The number of nitrogens with one attached hydrogen (secondary N) is 1. The average molecular weight is 408 g/mol. The van der Waals surface area contributed by atoms with Gasteiger partial charge in [-0.3, -0.25) is 14.4 Å². The molecule has 0 saturated carbocycles. The first-order chi connectivity index (χ1) is 13.2. The second-order valence-electron chi connectivity index (χ2n) is 6.01. The van der Waals surface area contributed by atoms with Crippen molar-refractivity contribution in [3.63, 3.8) is 0 Å². The number of carbonyl (C=O) groups excluding carboxylic acids is 3. The summed E-state index contributed by atoms with van der Waals surface area (Å²) in [5.41, 5.74) is 1.10. The Hall–Kier alpha value is -2.93. The highest BCUT2D eigenvalue weighted by Gasteiger charge is 2.20. The summed E-state index contributed by atoms with van der Waals surface area (Å²) in [5, 5.41) is 2.49. The largest absolute Gasteiger partial charge is 0.496 e. The molecule has 1 amide bonds. The Morgan fingerprint density at radius 1 is 1.18 bits per heavy atom. The molecule has 2 aromatic rings. The van der Waals surface area contributed by atoms with E-state index in [0.29, 0.717) is 16.9 Å². The topological polar surface area (TPSA) is 81.7 Å². The summed E-state index contributed by atoms with van der Waals surface area (Å²) < 4.78 is 23.4. The van der Waals surface area contributed by atoms with Gasteiger partial charge >= 0.3 is 5.97 Å². The molecule has 0 heterocycles. The molecule has 6 nitrogen and oxygen atoms in total. The molecule has 0 aliphatic rings. The quantitative estimate of drug-likeness (QED) is 0.557. The first-order valence-electron chi connectivity index (χ1n) is 8.34. The monoisotopic (exact) mass is 407 g/mol. The number of amides is 1. The summed E-state index contributed by atoms with van der Waals surface area (Å²) in [7, 11) is 1.44. The maximum atomic E-state index is 13.1. The number of esters is 1. The van der Waals surface area contributed by atoms with E-state index in [-0.39, 0.29) is 22.9 Å². The number of benzene rings is 2. The maximum Gasteiger partial charge on any atom is 0.311 e. The summed E-state index contributed by atoms with van der Waals surface area (Å²) in [4.78, 5) is 35.9. The zero-order valence-corrected chi connectivity index (χ0v) is 16.3. The zero-order chi connectivity index (χ0) is 20.8. The third-order valence-corrected chi connectivity index (χ3v) is 4.20. The van der Waals surface area contributed by atoms with Crippen LogP contribution in [0.3, 0.4) is 0 Å². The van der Waals surface area contributed by atoms with E-state index in [1.54, 1.807) is 18.2 Å². The third kappa shape index (κ3) is 5.53. The number of Topliss-reactive ketones (excluding diaryl/α,β-unsaturated/α-hetero) is 1. The SMILES string of the molecule is COc1ccc(C(C)=O)cc1CC(=O)O[C@H](C)C(=O)Nc1ccc(F)cc1Cl. The molecule has 28 heavy (non-hydrogen) atoms. The van der Waals surface area contributed by atoms with Crippen molar-refractivity contribution in [2.75, 3.05) is 12.4 Å². The molecule has 2 aromatic carbocycles. The fourth-order valence-electron chi connectivity index (χ4n) is 2.41. The molecule has 1 atom stereocenters. The van der Waals surface area contributed by atoms with Crippen LogP contribution in [-0.2, 0) is 20.7 Å². The van der Waals surface area contributed by atoms with Crippen molar-refractivity contribution in [3.05, 3.63) is 58.4 Å². The Bertz CT molecular complexity index is 915. The smallest absolute Gasteiger partial charge is 0.311 e. The molecule has 0 saturated heterocycles. The van der Waals surface area contributed by atoms with Gasteiger partial charge in [-0.05, 0) is 50.2 Å². The van der Waals surface area contributed by atoms with Gasteiger partial charge in [-0.2, -0.15) is 0 Å². The highest BCUT2D eigenvalue weighted by atomic mass is 35.5. The molecule has 0 radical (unpaired) electrons. The van der Waals surface area contributed by atoms with Gasteiger partial charge in [0, 0.05) is 11.1 Å². The molecule has 0 fully saturated rings. The van der Waals surface area contributed by atoms with E-state index in [0.717, 1.165) is 12.1 Å². The van der Waals surface area contributed by atoms with Crippen molar-refractivity contribution in [2.45, 2.75) is 26.4 Å². The number of rotatable bonds is 7. The van der Waals surface area contributed by atoms with Crippen molar-refractivity contribution in [1.82, 2.24) is 0 Å². The Kier molecular flexibility index (Phi) is 7.12. The molecule has 2 rings (SSSR count). The third-order valence-electron chi connectivity index (χ3n) is 3.89. The highest BCUT2D eigenvalue weighted by molar-refractivity contribution is 6.33. The van der Waals surface area contributed by atoms with Crippen molar-refractivity contribution in [3.8, 4) is 5.75 Å². The van der Waals surface area contributed by atoms with E-state index in [4.69, 9.17) is 21.1 Å². The van der Waals surface area contributed by atoms with Gasteiger partial charge in [0.15, 0.2) is 11.9 Å². The molecule has 0 aliphatic heterocycles. The van der Waals surface area contributed by atoms with Crippen LogP contribution in [0.4, 0.5) is 10.1 Å². The summed E-state index contributed by atoms with van der Waals surface area (Å²) in [6, 6.07) is 8.24. The fourth-order valence-corrected chi connectivity index (χ4v) is 2.62. The van der Waals surface area contributed by atoms with Gasteiger partial charge in [-0.25, -0.2) is 4.39 Å². The molecular weight excluding hydrogens is 389 g/mol. The van der Waals surface area contributed by atoms with Crippen LogP contribution in [0, 0.1) is 5.82 Å². The number of methoxy groups -OCH3 is 1. The van der Waals surface area contributed by atoms with E-state index in [9.17, 15) is 18.8 Å². The van der Waals surface area contributed by atoms with Crippen LogP contribution in [0.1, 0.15) is 29.8 Å². The average Bonchev–Trinajstić information content (AvgIpc) is 2.63. The van der Waals surface area contributed by atoms with Gasteiger partial charge in [-0.1, -0.05) is 11.6 Å². The van der Waals surface area contributed by atoms with Crippen molar-refractivity contribution in [2.24, 2.45) is 0 Å². The van der Waals surface area contributed by atoms with Gasteiger partial charge in [-0.15, -0.1) is 0 Å². The summed E-state index contributed by atoms with van der Waals surface area (Å²) >= 11 is 5.86. The fraction of sp³-hybridized carbons (Fsp3) is 0.250. The van der Waals surface area contributed by atoms with Gasteiger partial charge in [0.25, 0.3) is 5.91 Å². The van der Waals surface area contributed by atoms with Gasteiger partial charge < -0.3 is 14.8 Å². The normalized spacial score (nSPS) is 11.5. The highest BCUT2D eigenvalue weighted by Crippen LogP contribution is 2.23. The lowest BCUT2D eigenvalue weighted by Gasteiger charge is -2.15. The van der Waals surface area contributed by atoms with Crippen LogP contribution in [0.2, 0.25) is 5.02 Å². The number of carbonyl (C=O) groups is 3. The second kappa shape index (κ2) is 9.32. The van der Waals surface area contributed by atoms with E-state index in [1.807, 2.05) is 0 Å². The molecular formula is C20H19ClFNO5. The van der Waals surface area contributed by atoms with Crippen molar-refractivity contribution in [1.29, 1.82) is 0 Å². The van der Waals surface area contributed by atoms with Crippen molar-refractivity contribution < 1.29 is 28.2 Å². The minimum absolute atomic E-state index is 0.0256. The molecule has 1 N–H and O–H groups in total. The molecule has 0 aliphatic carbocycles. The lowest BCUT2D eigenvalue weighted by Crippen LogP contribution is -2.30. The number of halogens is 2. The van der Waals surface area contributed by atoms with Crippen LogP contribution in [0.25, 0.3) is 0 Å². The molecule has 0 spiro atoms. The molecule has 8 heteroatoms. The summed E-state index contributed by atoms with van der Waals surface area (Å²) in [5.74, 6) is -1.55. The van der Waals surface area contributed by atoms with Crippen LogP contribution in [-0.4, -0.2) is 30.9 Å². The number of anilines is 1. The first kappa shape index (κ1) is 21.4. The Labute approximate surface area is 166 Å². The van der Waals surface area contributed by atoms with E-state index >= 15 is 0 Å². The van der Waals surface area contributed by atoms with Crippen LogP contribution in [0.5, 0.6) is 5.75 Å². The van der Waals surface area contributed by atoms with E-state index in [2.05, 4.69) is 5.32 Å². The standard InChI is InChI=1S/C20H19ClFNO5/c1-11(24)13-4-7-18(27-3)14(8-13)9-19(25)28-12(2)20(26)23-17-6-5-15(22)10-16(17)21/h4-8,10,12H,9H2,1-3H3,(H,23,26)/t12-/m1/s1. The summed E-state index contributed by atoms with van der Waals surface area (Å²) in [6.07, 6.45) is -1.30. The van der Waals surface area contributed by atoms with Gasteiger partial charge in [0.05, 0.1) is 24.2 Å².